The van der Waals surface area contributed by atoms with Gasteiger partial charge in [0.05, 0.1) is 21.9 Å². The van der Waals surface area contributed by atoms with Crippen LogP contribution >= 0.6 is 23.2 Å². The fraction of sp³-hybridized carbons (Fsp3) is 0. The van der Waals surface area contributed by atoms with E-state index in [9.17, 15) is 4.79 Å². The van der Waals surface area contributed by atoms with Crippen molar-refractivity contribution >= 4 is 34.8 Å². The highest BCUT2D eigenvalue weighted by molar-refractivity contribution is 6.44. The lowest BCUT2D eigenvalue weighted by Crippen LogP contribution is -2.12. The second-order valence-electron chi connectivity index (χ2n) is 4.57. The zero-order valence-electron chi connectivity index (χ0n) is 11.3. The van der Waals surface area contributed by atoms with Gasteiger partial charge in [0.2, 0.25) is 0 Å². The van der Waals surface area contributed by atoms with Gasteiger partial charge in [-0.05, 0) is 36.4 Å². The molecule has 0 radical (unpaired) electrons. The van der Waals surface area contributed by atoms with Gasteiger partial charge in [-0.25, -0.2) is 4.98 Å². The number of benzene rings is 2. The Morgan fingerprint density at radius 3 is 2.55 bits per heavy atom. The van der Waals surface area contributed by atoms with E-state index in [0.29, 0.717) is 16.3 Å². The van der Waals surface area contributed by atoms with Crippen LogP contribution < -0.4 is 5.32 Å². The van der Waals surface area contributed by atoms with E-state index in [1.807, 2.05) is 35.0 Å². The number of nitrogens with one attached hydrogen (secondary N) is 1. The molecule has 0 spiro atoms. The Morgan fingerprint density at radius 2 is 1.86 bits per heavy atom. The van der Waals surface area contributed by atoms with Crippen LogP contribution in [-0.2, 0) is 0 Å². The standard InChI is InChI=1S/C16H11Cl2N3O/c17-14-3-1-2-13(15(14)18)16(22)20-11-4-6-12(7-5-11)21-9-8-19-10-21/h1-10H,(H,20,22). The summed E-state index contributed by atoms with van der Waals surface area (Å²) < 4.78 is 1.87. The van der Waals surface area contributed by atoms with Crippen LogP contribution in [0.3, 0.4) is 0 Å². The molecule has 0 aliphatic carbocycles. The number of amides is 1. The maximum Gasteiger partial charge on any atom is 0.257 e. The summed E-state index contributed by atoms with van der Waals surface area (Å²) in [5.74, 6) is -0.303. The monoisotopic (exact) mass is 331 g/mol. The van der Waals surface area contributed by atoms with E-state index >= 15 is 0 Å². The molecule has 0 aliphatic heterocycles. The number of nitrogens with zero attached hydrogens (tertiary/aromatic N) is 2. The Labute approximate surface area is 137 Å². The number of hydrogen-bond donors (Lipinski definition) is 1. The number of imidazole rings is 1. The second kappa shape index (κ2) is 6.22. The molecule has 0 bridgehead atoms. The third-order valence-electron chi connectivity index (χ3n) is 3.12. The minimum absolute atomic E-state index is 0.247. The molecule has 110 valence electrons. The van der Waals surface area contributed by atoms with E-state index in [-0.39, 0.29) is 10.9 Å². The van der Waals surface area contributed by atoms with Gasteiger partial charge in [0, 0.05) is 23.8 Å². The van der Waals surface area contributed by atoms with Gasteiger partial charge in [-0.15, -0.1) is 0 Å². The number of hydrogen-bond acceptors (Lipinski definition) is 2. The minimum Gasteiger partial charge on any atom is -0.322 e. The molecule has 2 aromatic carbocycles. The first-order chi connectivity index (χ1) is 10.6. The molecule has 0 saturated heterocycles. The lowest BCUT2D eigenvalue weighted by molar-refractivity contribution is 0.102. The Morgan fingerprint density at radius 1 is 1.09 bits per heavy atom. The predicted molar refractivity (Wildman–Crippen MR) is 88.0 cm³/mol. The number of carbonyl (C=O) groups excluding carboxylic acids is 1. The van der Waals surface area contributed by atoms with Gasteiger partial charge in [0.1, 0.15) is 0 Å². The summed E-state index contributed by atoms with van der Waals surface area (Å²) in [5.41, 5.74) is 1.97. The molecule has 3 rings (SSSR count). The lowest BCUT2D eigenvalue weighted by Gasteiger charge is -2.08. The molecule has 0 saturated carbocycles. The van der Waals surface area contributed by atoms with E-state index in [0.717, 1.165) is 5.69 Å². The molecule has 0 unspecified atom stereocenters. The zero-order chi connectivity index (χ0) is 15.5. The smallest absolute Gasteiger partial charge is 0.257 e. The molecule has 1 aromatic heterocycles. The van der Waals surface area contributed by atoms with Crippen LogP contribution in [0.5, 0.6) is 0 Å². The predicted octanol–water partition coefficient (Wildman–Crippen LogP) is 4.43. The largest absolute Gasteiger partial charge is 0.322 e. The summed E-state index contributed by atoms with van der Waals surface area (Å²) >= 11 is 12.0. The Bertz CT molecular complexity index is 799. The molecule has 0 atom stereocenters. The molecule has 6 heteroatoms. The van der Waals surface area contributed by atoms with Crippen LogP contribution in [0.1, 0.15) is 10.4 Å². The van der Waals surface area contributed by atoms with Crippen molar-refractivity contribution < 1.29 is 4.79 Å². The van der Waals surface area contributed by atoms with Crippen LogP contribution in [-0.4, -0.2) is 15.5 Å². The number of rotatable bonds is 3. The van der Waals surface area contributed by atoms with Gasteiger partial charge in [0.25, 0.3) is 5.91 Å². The zero-order valence-corrected chi connectivity index (χ0v) is 12.8. The van der Waals surface area contributed by atoms with Crippen molar-refractivity contribution in [1.29, 1.82) is 0 Å². The van der Waals surface area contributed by atoms with Crippen molar-refractivity contribution in [2.24, 2.45) is 0 Å². The molecular formula is C16H11Cl2N3O. The van der Waals surface area contributed by atoms with Crippen molar-refractivity contribution in [3.05, 3.63) is 76.8 Å². The van der Waals surface area contributed by atoms with Gasteiger partial charge in [-0.2, -0.15) is 0 Å². The van der Waals surface area contributed by atoms with E-state index in [4.69, 9.17) is 23.2 Å². The quantitative estimate of drug-likeness (QED) is 0.771. The first kappa shape index (κ1) is 14.6. The van der Waals surface area contributed by atoms with Gasteiger partial charge in [0.15, 0.2) is 0 Å². The molecule has 3 aromatic rings. The van der Waals surface area contributed by atoms with E-state index in [1.54, 1.807) is 30.7 Å². The number of carbonyl (C=O) groups is 1. The Balaban J connectivity index is 1.78. The topological polar surface area (TPSA) is 46.9 Å². The summed E-state index contributed by atoms with van der Waals surface area (Å²) in [6, 6.07) is 12.3. The normalized spacial score (nSPS) is 10.5. The highest BCUT2D eigenvalue weighted by Gasteiger charge is 2.12. The van der Waals surface area contributed by atoms with Crippen molar-refractivity contribution in [1.82, 2.24) is 9.55 Å². The van der Waals surface area contributed by atoms with E-state index < -0.39 is 0 Å². The van der Waals surface area contributed by atoms with Crippen molar-refractivity contribution in [2.75, 3.05) is 5.32 Å². The third-order valence-corrected chi connectivity index (χ3v) is 3.94. The van der Waals surface area contributed by atoms with Gasteiger partial charge in [-0.1, -0.05) is 29.3 Å². The highest BCUT2D eigenvalue weighted by atomic mass is 35.5. The van der Waals surface area contributed by atoms with Crippen molar-refractivity contribution in [3.63, 3.8) is 0 Å². The van der Waals surface area contributed by atoms with Crippen LogP contribution in [0.4, 0.5) is 5.69 Å². The lowest BCUT2D eigenvalue weighted by atomic mass is 10.2. The van der Waals surface area contributed by atoms with E-state index in [1.165, 1.54) is 0 Å². The molecule has 22 heavy (non-hydrogen) atoms. The fourth-order valence-corrected chi connectivity index (χ4v) is 2.39. The van der Waals surface area contributed by atoms with Crippen molar-refractivity contribution in [3.8, 4) is 5.69 Å². The number of halogens is 2. The summed E-state index contributed by atoms with van der Waals surface area (Å²) in [6.45, 7) is 0. The average molecular weight is 332 g/mol. The molecule has 0 fully saturated rings. The molecule has 4 nitrogen and oxygen atoms in total. The third kappa shape index (κ3) is 2.98. The first-order valence-electron chi connectivity index (χ1n) is 6.49. The summed E-state index contributed by atoms with van der Waals surface area (Å²) in [7, 11) is 0. The first-order valence-corrected chi connectivity index (χ1v) is 7.24. The molecular weight excluding hydrogens is 321 g/mol. The van der Waals surface area contributed by atoms with Crippen LogP contribution in [0.2, 0.25) is 10.0 Å². The van der Waals surface area contributed by atoms with Crippen LogP contribution in [0, 0.1) is 0 Å². The van der Waals surface area contributed by atoms with Gasteiger partial charge >= 0.3 is 0 Å². The molecule has 0 aliphatic rings. The van der Waals surface area contributed by atoms with Crippen LogP contribution in [0.25, 0.3) is 5.69 Å². The maximum atomic E-state index is 12.2. The minimum atomic E-state index is -0.303. The second-order valence-corrected chi connectivity index (χ2v) is 5.36. The molecule has 1 heterocycles. The van der Waals surface area contributed by atoms with Crippen LogP contribution in [0.15, 0.2) is 61.2 Å². The SMILES string of the molecule is O=C(Nc1ccc(-n2ccnc2)cc1)c1cccc(Cl)c1Cl. The number of anilines is 1. The van der Waals surface area contributed by atoms with E-state index in [2.05, 4.69) is 10.3 Å². The summed E-state index contributed by atoms with van der Waals surface area (Å²) in [5, 5.41) is 3.39. The average Bonchev–Trinajstić information content (AvgIpc) is 3.05. The number of aromatic nitrogens is 2. The molecule has 1 amide bonds. The van der Waals surface area contributed by atoms with Gasteiger partial charge in [-0.3, -0.25) is 4.79 Å². The fourth-order valence-electron chi connectivity index (χ4n) is 2.01. The highest BCUT2D eigenvalue weighted by Crippen LogP contribution is 2.26. The summed E-state index contributed by atoms with van der Waals surface area (Å²) in [4.78, 5) is 16.2. The summed E-state index contributed by atoms with van der Waals surface area (Å²) in [6.07, 6.45) is 5.26. The van der Waals surface area contributed by atoms with Gasteiger partial charge < -0.3 is 9.88 Å². The maximum absolute atomic E-state index is 12.2. The van der Waals surface area contributed by atoms with Crippen molar-refractivity contribution in [2.45, 2.75) is 0 Å². The Kier molecular flexibility index (Phi) is 4.13. The Hall–Kier alpha value is -2.30. The molecule has 1 N–H and O–H groups in total.